The van der Waals surface area contributed by atoms with Crippen LogP contribution in [0.4, 0.5) is 0 Å². The largest absolute Gasteiger partial charge is 0.310 e. The van der Waals surface area contributed by atoms with Gasteiger partial charge in [-0.1, -0.05) is 51.1 Å². The van der Waals surface area contributed by atoms with E-state index in [1.807, 2.05) is 11.3 Å². The van der Waals surface area contributed by atoms with Crippen LogP contribution in [-0.2, 0) is 12.8 Å². The topological polar surface area (TPSA) is 12.0 Å². The predicted octanol–water partition coefficient (Wildman–Crippen LogP) is 4.84. The summed E-state index contributed by atoms with van der Waals surface area (Å²) < 4.78 is 0. The Morgan fingerprint density at radius 3 is 2.60 bits per heavy atom. The van der Waals surface area contributed by atoms with Gasteiger partial charge in [0.25, 0.3) is 0 Å². The maximum atomic E-state index is 3.62. The van der Waals surface area contributed by atoms with Gasteiger partial charge in [-0.15, -0.1) is 11.3 Å². The lowest BCUT2D eigenvalue weighted by molar-refractivity contribution is 0.552. The molecule has 1 heterocycles. The number of benzene rings is 1. The summed E-state index contributed by atoms with van der Waals surface area (Å²) in [5.41, 5.74) is 2.87. The summed E-state index contributed by atoms with van der Waals surface area (Å²) >= 11 is 1.85. The summed E-state index contributed by atoms with van der Waals surface area (Å²) in [6, 6.07) is 13.9. The van der Waals surface area contributed by atoms with Crippen LogP contribution in [0, 0.1) is 5.92 Å². The highest BCUT2D eigenvalue weighted by Gasteiger charge is 2.12. The van der Waals surface area contributed by atoms with Crippen LogP contribution in [0.2, 0.25) is 0 Å². The van der Waals surface area contributed by atoms with Crippen LogP contribution in [-0.4, -0.2) is 6.54 Å². The molecule has 0 fully saturated rings. The lowest BCUT2D eigenvalue weighted by atomic mass is 9.96. The van der Waals surface area contributed by atoms with Crippen molar-refractivity contribution in [2.45, 2.75) is 39.7 Å². The third-order valence-corrected chi connectivity index (χ3v) is 4.33. The minimum absolute atomic E-state index is 0.422. The molecule has 20 heavy (non-hydrogen) atoms. The molecule has 108 valence electrons. The summed E-state index contributed by atoms with van der Waals surface area (Å²) in [6.07, 6.45) is 2.24. The molecule has 1 unspecified atom stereocenters. The van der Waals surface area contributed by atoms with Gasteiger partial charge in [0.1, 0.15) is 0 Å². The SMILES string of the molecule is CCNC(Cc1cccs1)c1cccc(CC(C)C)c1. The fourth-order valence-corrected chi connectivity index (χ4v) is 3.34. The Morgan fingerprint density at radius 2 is 1.95 bits per heavy atom. The van der Waals surface area contributed by atoms with E-state index in [0.29, 0.717) is 12.0 Å². The molecule has 0 aliphatic heterocycles. The van der Waals surface area contributed by atoms with E-state index < -0.39 is 0 Å². The second-order valence-electron chi connectivity index (χ2n) is 5.74. The highest BCUT2D eigenvalue weighted by Crippen LogP contribution is 2.23. The molecular formula is C18H25NS. The Labute approximate surface area is 127 Å². The fourth-order valence-electron chi connectivity index (χ4n) is 2.59. The van der Waals surface area contributed by atoms with E-state index in [4.69, 9.17) is 0 Å². The zero-order valence-corrected chi connectivity index (χ0v) is 13.5. The van der Waals surface area contributed by atoms with E-state index in [2.05, 4.69) is 67.9 Å². The minimum atomic E-state index is 0.422. The molecule has 1 aromatic carbocycles. The smallest absolute Gasteiger partial charge is 0.0368 e. The van der Waals surface area contributed by atoms with Crippen LogP contribution >= 0.6 is 11.3 Å². The number of hydrogen-bond acceptors (Lipinski definition) is 2. The van der Waals surface area contributed by atoms with Crippen molar-refractivity contribution in [3.8, 4) is 0 Å². The minimum Gasteiger partial charge on any atom is -0.310 e. The van der Waals surface area contributed by atoms with E-state index in [1.165, 1.54) is 16.0 Å². The summed E-state index contributed by atoms with van der Waals surface area (Å²) in [5, 5.41) is 5.78. The quantitative estimate of drug-likeness (QED) is 0.768. The first kappa shape index (κ1) is 15.3. The van der Waals surface area contributed by atoms with Gasteiger partial charge in [-0.25, -0.2) is 0 Å². The molecule has 0 bridgehead atoms. The summed E-state index contributed by atoms with van der Waals surface area (Å²) in [4.78, 5) is 1.45. The first-order valence-corrected chi connectivity index (χ1v) is 8.41. The van der Waals surface area contributed by atoms with E-state index in [9.17, 15) is 0 Å². The molecule has 1 N–H and O–H groups in total. The van der Waals surface area contributed by atoms with Crippen LogP contribution in [0.15, 0.2) is 41.8 Å². The van der Waals surface area contributed by atoms with Crippen molar-refractivity contribution in [2.75, 3.05) is 6.54 Å². The van der Waals surface area contributed by atoms with Gasteiger partial charge in [0.05, 0.1) is 0 Å². The van der Waals surface area contributed by atoms with Crippen molar-refractivity contribution in [1.82, 2.24) is 5.32 Å². The van der Waals surface area contributed by atoms with E-state index >= 15 is 0 Å². The average molecular weight is 287 g/mol. The zero-order valence-electron chi connectivity index (χ0n) is 12.7. The zero-order chi connectivity index (χ0) is 14.4. The molecule has 0 spiro atoms. The molecule has 1 aromatic heterocycles. The average Bonchev–Trinajstić information content (AvgIpc) is 2.91. The number of likely N-dealkylation sites (N-methyl/N-ethyl adjacent to an activating group) is 1. The second kappa shape index (κ2) is 7.61. The maximum Gasteiger partial charge on any atom is 0.0368 e. The van der Waals surface area contributed by atoms with Gasteiger partial charge in [-0.2, -0.15) is 0 Å². The number of rotatable bonds is 7. The summed E-state index contributed by atoms with van der Waals surface area (Å²) in [5.74, 6) is 0.708. The van der Waals surface area contributed by atoms with Crippen molar-refractivity contribution < 1.29 is 0 Å². The van der Waals surface area contributed by atoms with Crippen LogP contribution < -0.4 is 5.32 Å². The van der Waals surface area contributed by atoms with Gasteiger partial charge in [0.15, 0.2) is 0 Å². The van der Waals surface area contributed by atoms with E-state index in [-0.39, 0.29) is 0 Å². The van der Waals surface area contributed by atoms with Crippen molar-refractivity contribution in [3.05, 3.63) is 57.8 Å². The molecular weight excluding hydrogens is 262 g/mol. The molecule has 0 radical (unpaired) electrons. The van der Waals surface area contributed by atoms with Crippen molar-refractivity contribution in [1.29, 1.82) is 0 Å². The highest BCUT2D eigenvalue weighted by atomic mass is 32.1. The first-order chi connectivity index (χ1) is 9.69. The summed E-state index contributed by atoms with van der Waals surface area (Å²) in [7, 11) is 0. The van der Waals surface area contributed by atoms with E-state index in [1.54, 1.807) is 0 Å². The standard InChI is InChI=1S/C18H25NS/c1-4-19-18(13-17-9-6-10-20-17)16-8-5-7-15(12-16)11-14(2)3/h5-10,12,14,18-19H,4,11,13H2,1-3H3. The van der Waals surface area contributed by atoms with Crippen molar-refractivity contribution in [3.63, 3.8) is 0 Å². The second-order valence-corrected chi connectivity index (χ2v) is 6.77. The third-order valence-electron chi connectivity index (χ3n) is 3.43. The molecule has 2 rings (SSSR count). The molecule has 1 nitrogen and oxygen atoms in total. The first-order valence-electron chi connectivity index (χ1n) is 7.53. The number of nitrogens with one attached hydrogen (secondary N) is 1. The van der Waals surface area contributed by atoms with Crippen molar-refractivity contribution in [2.24, 2.45) is 5.92 Å². The normalized spacial score (nSPS) is 12.8. The molecule has 1 atom stereocenters. The fraction of sp³-hybridized carbons (Fsp3) is 0.444. The van der Waals surface area contributed by atoms with Gasteiger partial charge >= 0.3 is 0 Å². The van der Waals surface area contributed by atoms with Gasteiger partial charge in [0.2, 0.25) is 0 Å². The Hall–Kier alpha value is -1.12. The molecule has 0 amide bonds. The van der Waals surface area contributed by atoms with Gasteiger partial charge in [-0.3, -0.25) is 0 Å². The van der Waals surface area contributed by atoms with E-state index in [0.717, 1.165) is 19.4 Å². The van der Waals surface area contributed by atoms with Crippen LogP contribution in [0.3, 0.4) is 0 Å². The van der Waals surface area contributed by atoms with Gasteiger partial charge in [0, 0.05) is 17.3 Å². The van der Waals surface area contributed by atoms with Gasteiger partial charge in [-0.05, 0) is 41.5 Å². The number of thiophene rings is 1. The van der Waals surface area contributed by atoms with Crippen LogP contribution in [0.5, 0.6) is 0 Å². The van der Waals surface area contributed by atoms with Crippen LogP contribution in [0.1, 0.15) is 42.8 Å². The maximum absolute atomic E-state index is 3.62. The van der Waals surface area contributed by atoms with Gasteiger partial charge < -0.3 is 5.32 Å². The Bertz CT molecular complexity index is 502. The lowest BCUT2D eigenvalue weighted by Crippen LogP contribution is -2.22. The molecule has 0 saturated heterocycles. The van der Waals surface area contributed by atoms with Crippen molar-refractivity contribution >= 4 is 11.3 Å². The third kappa shape index (κ3) is 4.46. The molecule has 0 saturated carbocycles. The summed E-state index contributed by atoms with van der Waals surface area (Å²) in [6.45, 7) is 7.74. The van der Waals surface area contributed by atoms with Crippen LogP contribution in [0.25, 0.3) is 0 Å². The molecule has 2 aromatic rings. The lowest BCUT2D eigenvalue weighted by Gasteiger charge is -2.19. The Kier molecular flexibility index (Phi) is 5.81. The Morgan fingerprint density at radius 1 is 1.10 bits per heavy atom. The number of hydrogen-bond donors (Lipinski definition) is 1. The molecule has 0 aliphatic rings. The molecule has 0 aliphatic carbocycles. The Balaban J connectivity index is 2.15. The predicted molar refractivity (Wildman–Crippen MR) is 89.4 cm³/mol. The molecule has 2 heteroatoms. The highest BCUT2D eigenvalue weighted by molar-refractivity contribution is 7.09. The monoisotopic (exact) mass is 287 g/mol.